The summed E-state index contributed by atoms with van der Waals surface area (Å²) in [6, 6.07) is 23.2. The topological polar surface area (TPSA) is 77.1 Å². The lowest BCUT2D eigenvalue weighted by atomic mass is 10.0. The quantitative estimate of drug-likeness (QED) is 0.170. The second kappa shape index (κ2) is 16.6. The molecule has 1 saturated heterocycles. The summed E-state index contributed by atoms with van der Waals surface area (Å²) in [6.45, 7) is 12.2. The summed E-state index contributed by atoms with van der Waals surface area (Å²) in [7, 11) is 0. The maximum atomic E-state index is 14.4. The van der Waals surface area contributed by atoms with E-state index in [-0.39, 0.29) is 24.0 Å². The van der Waals surface area contributed by atoms with Gasteiger partial charge in [-0.15, -0.1) is 0 Å². The number of benzene rings is 3. The first-order chi connectivity index (χ1) is 22.8. The van der Waals surface area contributed by atoms with Crippen molar-refractivity contribution in [2.24, 2.45) is 5.92 Å². The van der Waals surface area contributed by atoms with Gasteiger partial charge in [0.05, 0.1) is 5.56 Å². The van der Waals surface area contributed by atoms with E-state index in [9.17, 15) is 9.59 Å². The molecule has 2 aliphatic rings. The largest absolute Gasteiger partial charge is 0.488 e. The highest BCUT2D eigenvalue weighted by atomic mass is 16.5. The molecule has 47 heavy (non-hydrogen) atoms. The van der Waals surface area contributed by atoms with Gasteiger partial charge in [-0.3, -0.25) is 9.59 Å². The monoisotopic (exact) mass is 638 g/mol. The molecule has 3 aromatic carbocycles. The van der Waals surface area contributed by atoms with Gasteiger partial charge in [-0.25, -0.2) is 0 Å². The van der Waals surface area contributed by atoms with Gasteiger partial charge in [0.25, 0.3) is 5.91 Å². The lowest BCUT2D eigenvalue weighted by molar-refractivity contribution is -0.151. The van der Waals surface area contributed by atoms with Crippen LogP contribution in [0.3, 0.4) is 0 Å². The van der Waals surface area contributed by atoms with Crippen LogP contribution in [0, 0.1) is 5.92 Å². The number of nitrogens with zero attached hydrogens (tertiary/aromatic N) is 1. The fourth-order valence-corrected chi connectivity index (χ4v) is 6.51. The molecule has 1 N–H and O–H groups in total. The zero-order valence-electron chi connectivity index (χ0n) is 28.2. The molecule has 0 spiro atoms. The third-order valence-corrected chi connectivity index (χ3v) is 9.06. The lowest BCUT2D eigenvalue weighted by Gasteiger charge is -2.29. The van der Waals surface area contributed by atoms with Gasteiger partial charge in [-0.2, -0.15) is 0 Å². The molecule has 250 valence electrons. The van der Waals surface area contributed by atoms with E-state index in [0.717, 1.165) is 60.8 Å². The minimum atomic E-state index is -0.394. The summed E-state index contributed by atoms with van der Waals surface area (Å²) < 4.78 is 18.6. The minimum absolute atomic E-state index is 0.0278. The zero-order chi connectivity index (χ0) is 33.2. The summed E-state index contributed by atoms with van der Waals surface area (Å²) in [4.78, 5) is 29.5. The van der Waals surface area contributed by atoms with Crippen LogP contribution >= 0.6 is 0 Å². The Morgan fingerprint density at radius 3 is 2.02 bits per heavy atom. The lowest BCUT2D eigenvalue weighted by Crippen LogP contribution is -2.48. The fourth-order valence-electron chi connectivity index (χ4n) is 6.51. The van der Waals surface area contributed by atoms with Crippen LogP contribution in [0.15, 0.2) is 79.4 Å². The van der Waals surface area contributed by atoms with Crippen LogP contribution < -0.4 is 14.8 Å². The highest BCUT2D eigenvalue weighted by Crippen LogP contribution is 2.36. The Balaban J connectivity index is 1.36. The third-order valence-electron chi connectivity index (χ3n) is 9.06. The molecular weight excluding hydrogens is 588 g/mol. The van der Waals surface area contributed by atoms with Gasteiger partial charge >= 0.3 is 5.97 Å². The maximum absolute atomic E-state index is 14.4. The maximum Gasteiger partial charge on any atom is 0.323 e. The van der Waals surface area contributed by atoms with E-state index in [0.29, 0.717) is 55.7 Å². The van der Waals surface area contributed by atoms with Crippen molar-refractivity contribution < 1.29 is 23.8 Å². The molecule has 0 unspecified atom stereocenters. The molecule has 2 atom stereocenters. The molecule has 7 heteroatoms. The number of allylic oxidation sites excluding steroid dienone is 1. The highest BCUT2D eigenvalue weighted by molar-refractivity contribution is 5.98. The molecule has 0 aromatic heterocycles. The van der Waals surface area contributed by atoms with Gasteiger partial charge in [0.15, 0.2) is 0 Å². The first-order valence-corrected chi connectivity index (χ1v) is 17.2. The summed E-state index contributed by atoms with van der Waals surface area (Å²) in [5.74, 6) is 1.16. The second-order valence-corrected chi connectivity index (χ2v) is 13.4. The standard InChI is InChI=1S/C40H50N2O5/c1-28(2)22-36(40(44)47-33-19-11-12-20-33)41-25-32-18-13-21-42(32)39(43)35-23-34(29(3)4)37(45-26-30-14-7-5-8-15-30)24-38(35)46-27-31-16-9-6-10-17-31/h5-10,14-17,23-24,28,32-33,36,41H,3,11-13,18-22,25-27H2,1-2,4H3/t32-,36+/m1/s1. The molecule has 3 aromatic rings. The Kier molecular flexibility index (Phi) is 12.1. The molecule has 1 amide bonds. The SMILES string of the molecule is C=C(C)c1cc(C(=O)N2CCC[C@@H]2CN[C@@H](CC(C)C)C(=O)OC2CCCC2)c(OCc2ccccc2)cc1OCc1ccccc1. The van der Waals surface area contributed by atoms with E-state index >= 15 is 0 Å². The average Bonchev–Trinajstić information content (AvgIpc) is 3.77. The Hall–Kier alpha value is -4.10. The number of carbonyl (C=O) groups is 2. The van der Waals surface area contributed by atoms with Gasteiger partial charge in [-0.1, -0.05) is 81.1 Å². The number of hydrogen-bond donors (Lipinski definition) is 1. The number of amides is 1. The van der Waals surface area contributed by atoms with Gasteiger partial charge in [0.1, 0.15) is 36.9 Å². The summed E-state index contributed by atoms with van der Waals surface area (Å²) >= 11 is 0. The molecule has 0 bridgehead atoms. The Bertz CT molecular complexity index is 1480. The van der Waals surface area contributed by atoms with E-state index in [1.165, 1.54) is 0 Å². The molecule has 7 nitrogen and oxygen atoms in total. The van der Waals surface area contributed by atoms with E-state index in [1.807, 2.05) is 84.6 Å². The van der Waals surface area contributed by atoms with Gasteiger partial charge in [-0.05, 0) is 80.6 Å². The highest BCUT2D eigenvalue weighted by Gasteiger charge is 2.34. The Morgan fingerprint density at radius 1 is 0.851 bits per heavy atom. The summed E-state index contributed by atoms with van der Waals surface area (Å²) in [5.41, 5.74) is 4.11. The zero-order valence-corrected chi connectivity index (χ0v) is 28.2. The molecule has 1 aliphatic carbocycles. The van der Waals surface area contributed by atoms with E-state index in [4.69, 9.17) is 14.2 Å². The van der Waals surface area contributed by atoms with Crippen molar-refractivity contribution in [2.45, 2.75) is 97.1 Å². The molecule has 0 radical (unpaired) electrons. The summed E-state index contributed by atoms with van der Waals surface area (Å²) in [6.07, 6.45) is 6.59. The third kappa shape index (κ3) is 9.48. The molecule has 5 rings (SSSR count). The number of rotatable bonds is 15. The molecule has 1 saturated carbocycles. The smallest absolute Gasteiger partial charge is 0.323 e. The number of hydrogen-bond acceptors (Lipinski definition) is 6. The van der Waals surface area contributed by atoms with Crippen molar-refractivity contribution in [3.05, 3.63) is 102 Å². The van der Waals surface area contributed by atoms with Crippen molar-refractivity contribution in [1.82, 2.24) is 10.2 Å². The van der Waals surface area contributed by atoms with Crippen molar-refractivity contribution >= 4 is 17.4 Å². The first kappa shape index (κ1) is 34.2. The van der Waals surface area contributed by atoms with Crippen molar-refractivity contribution in [3.63, 3.8) is 0 Å². The van der Waals surface area contributed by atoms with Crippen molar-refractivity contribution in [3.8, 4) is 11.5 Å². The molecule has 1 aliphatic heterocycles. The van der Waals surface area contributed by atoms with Gasteiger partial charge < -0.3 is 24.4 Å². The van der Waals surface area contributed by atoms with E-state index in [2.05, 4.69) is 25.7 Å². The van der Waals surface area contributed by atoms with Crippen molar-refractivity contribution in [2.75, 3.05) is 13.1 Å². The van der Waals surface area contributed by atoms with E-state index in [1.54, 1.807) is 0 Å². The number of carbonyl (C=O) groups excluding carboxylic acids is 2. The first-order valence-electron chi connectivity index (χ1n) is 17.2. The predicted octanol–water partition coefficient (Wildman–Crippen LogP) is 7.97. The average molecular weight is 639 g/mol. The van der Waals surface area contributed by atoms with Crippen LogP contribution in [0.5, 0.6) is 11.5 Å². The fraction of sp³-hybridized carbons (Fsp3) is 0.450. The number of esters is 1. The van der Waals surface area contributed by atoms with Crippen LogP contribution in [-0.2, 0) is 22.7 Å². The van der Waals surface area contributed by atoms with E-state index < -0.39 is 6.04 Å². The number of ether oxygens (including phenoxy) is 3. The van der Waals surface area contributed by atoms with Gasteiger partial charge in [0, 0.05) is 30.8 Å². The molecular formula is C40H50N2O5. The normalized spacial score (nSPS) is 17.1. The van der Waals surface area contributed by atoms with Crippen molar-refractivity contribution in [1.29, 1.82) is 0 Å². The van der Waals surface area contributed by atoms with Crippen LogP contribution in [0.1, 0.15) is 92.8 Å². The summed E-state index contributed by atoms with van der Waals surface area (Å²) in [5, 5.41) is 3.50. The van der Waals surface area contributed by atoms with Crippen LogP contribution in [-0.4, -0.2) is 48.1 Å². The Morgan fingerprint density at radius 2 is 1.45 bits per heavy atom. The van der Waals surface area contributed by atoms with Crippen LogP contribution in [0.25, 0.3) is 5.57 Å². The minimum Gasteiger partial charge on any atom is -0.488 e. The number of nitrogens with one attached hydrogen (secondary N) is 1. The molecule has 1 heterocycles. The second-order valence-electron chi connectivity index (χ2n) is 13.4. The Labute approximate surface area is 280 Å². The van der Waals surface area contributed by atoms with Crippen LogP contribution in [0.2, 0.25) is 0 Å². The van der Waals surface area contributed by atoms with Crippen LogP contribution in [0.4, 0.5) is 0 Å². The number of likely N-dealkylation sites (tertiary alicyclic amines) is 1. The predicted molar refractivity (Wildman–Crippen MR) is 186 cm³/mol. The molecule has 2 fully saturated rings. The van der Waals surface area contributed by atoms with Gasteiger partial charge in [0.2, 0.25) is 0 Å².